The van der Waals surface area contributed by atoms with Gasteiger partial charge in [-0.1, -0.05) is 6.92 Å². The third-order valence-electron chi connectivity index (χ3n) is 3.83. The van der Waals surface area contributed by atoms with Gasteiger partial charge in [0.15, 0.2) is 11.2 Å². The van der Waals surface area contributed by atoms with Crippen LogP contribution in [-0.2, 0) is 17.6 Å². The molecule has 0 unspecified atom stereocenters. The lowest BCUT2D eigenvalue weighted by Gasteiger charge is -2.16. The first-order valence-electron chi connectivity index (χ1n) is 7.87. The van der Waals surface area contributed by atoms with E-state index in [-0.39, 0.29) is 11.7 Å². The van der Waals surface area contributed by atoms with Gasteiger partial charge in [0.25, 0.3) is 5.91 Å². The average Bonchev–Trinajstić information content (AvgIpc) is 2.96. The fourth-order valence-electron chi connectivity index (χ4n) is 2.59. The van der Waals surface area contributed by atoms with E-state index in [1.807, 2.05) is 6.92 Å². The Hall–Kier alpha value is -1.95. The second-order valence-corrected chi connectivity index (χ2v) is 6.64. The molecule has 0 saturated carbocycles. The summed E-state index contributed by atoms with van der Waals surface area (Å²) in [4.78, 5) is 18.2. The molecule has 1 atom stereocenters. The number of fused-ring (bicyclic) bond motifs is 1. The number of nitrogens with zero attached hydrogens (tertiary/aromatic N) is 1. The molecule has 2 aromatic rings. The minimum absolute atomic E-state index is 0.220. The van der Waals surface area contributed by atoms with Crippen molar-refractivity contribution in [3.05, 3.63) is 40.7 Å². The van der Waals surface area contributed by atoms with Crippen molar-refractivity contribution in [2.24, 2.45) is 0 Å². The minimum atomic E-state index is -0.624. The lowest BCUT2D eigenvalue weighted by Crippen LogP contribution is -2.32. The predicted octanol–water partition coefficient (Wildman–Crippen LogP) is 3.96. The van der Waals surface area contributed by atoms with Gasteiger partial charge >= 0.3 is 0 Å². The number of amides is 1. The summed E-state index contributed by atoms with van der Waals surface area (Å²) in [5, 5.41) is 3.49. The molecule has 1 N–H and O–H groups in total. The maximum atomic E-state index is 12.9. The van der Waals surface area contributed by atoms with Crippen molar-refractivity contribution >= 4 is 22.4 Å². The first-order valence-corrected chi connectivity index (χ1v) is 8.69. The predicted molar refractivity (Wildman–Crippen MR) is 88.5 cm³/mol. The van der Waals surface area contributed by atoms with Gasteiger partial charge in [0.05, 0.1) is 5.69 Å². The zero-order valence-corrected chi connectivity index (χ0v) is 13.8. The summed E-state index contributed by atoms with van der Waals surface area (Å²) in [6, 6.07) is 5.67. The maximum Gasteiger partial charge on any atom is 0.267 e. The fourth-order valence-corrected chi connectivity index (χ4v) is 3.64. The van der Waals surface area contributed by atoms with Gasteiger partial charge in [0.1, 0.15) is 11.6 Å². The summed E-state index contributed by atoms with van der Waals surface area (Å²) >= 11 is 1.55. The SMILES string of the molecule is CC[C@@H](Oc1ccc(F)cc1)C(=O)Nc1nc2c(s1)CCCC2. The van der Waals surface area contributed by atoms with Gasteiger partial charge in [-0.3, -0.25) is 10.1 Å². The molecule has 6 heteroatoms. The fraction of sp³-hybridized carbons (Fsp3) is 0.412. The molecular formula is C17H19FN2O2S. The van der Waals surface area contributed by atoms with E-state index in [4.69, 9.17) is 4.74 Å². The number of hydrogen-bond acceptors (Lipinski definition) is 4. The van der Waals surface area contributed by atoms with E-state index < -0.39 is 6.10 Å². The molecule has 1 amide bonds. The van der Waals surface area contributed by atoms with Crippen LogP contribution < -0.4 is 10.1 Å². The average molecular weight is 334 g/mol. The molecule has 0 spiro atoms. The number of halogens is 1. The second-order valence-electron chi connectivity index (χ2n) is 5.55. The molecule has 0 fully saturated rings. The maximum absolute atomic E-state index is 12.9. The van der Waals surface area contributed by atoms with Crippen LogP contribution in [0.3, 0.4) is 0 Å². The minimum Gasteiger partial charge on any atom is -0.481 e. The standard InChI is InChI=1S/C17H19FN2O2S/c1-2-14(22-12-9-7-11(18)8-10-12)16(21)20-17-19-13-5-3-4-6-15(13)23-17/h7-10,14H,2-6H2,1H3,(H,19,20,21)/t14-/m1/s1. The van der Waals surface area contributed by atoms with E-state index >= 15 is 0 Å². The van der Waals surface area contributed by atoms with Crippen molar-refractivity contribution < 1.29 is 13.9 Å². The number of anilines is 1. The van der Waals surface area contributed by atoms with Crippen molar-refractivity contribution in [2.45, 2.75) is 45.1 Å². The summed E-state index contributed by atoms with van der Waals surface area (Å²) < 4.78 is 18.6. The van der Waals surface area contributed by atoms with Gasteiger partial charge in [0.2, 0.25) is 0 Å². The summed E-state index contributed by atoms with van der Waals surface area (Å²) in [7, 11) is 0. The number of carbonyl (C=O) groups excluding carboxylic acids is 1. The highest BCUT2D eigenvalue weighted by atomic mass is 32.1. The Morgan fingerprint density at radius 2 is 2.09 bits per heavy atom. The van der Waals surface area contributed by atoms with Crippen LogP contribution in [0.5, 0.6) is 5.75 Å². The lowest BCUT2D eigenvalue weighted by molar-refractivity contribution is -0.122. The van der Waals surface area contributed by atoms with Gasteiger partial charge < -0.3 is 4.74 Å². The van der Waals surface area contributed by atoms with Crippen LogP contribution in [-0.4, -0.2) is 17.0 Å². The van der Waals surface area contributed by atoms with Gasteiger partial charge in [-0.15, -0.1) is 11.3 Å². The number of hydrogen-bond donors (Lipinski definition) is 1. The van der Waals surface area contributed by atoms with Gasteiger partial charge in [-0.2, -0.15) is 0 Å². The van der Waals surface area contributed by atoms with E-state index in [1.54, 1.807) is 11.3 Å². The molecule has 0 radical (unpaired) electrons. The Labute approximate surface area is 138 Å². The van der Waals surface area contributed by atoms with E-state index in [2.05, 4.69) is 10.3 Å². The molecule has 3 rings (SSSR count). The Morgan fingerprint density at radius 1 is 1.35 bits per heavy atom. The van der Waals surface area contributed by atoms with Crippen LogP contribution in [0.15, 0.2) is 24.3 Å². The molecule has 4 nitrogen and oxygen atoms in total. The molecule has 0 saturated heterocycles. The molecule has 23 heavy (non-hydrogen) atoms. The third-order valence-corrected chi connectivity index (χ3v) is 4.90. The number of nitrogens with one attached hydrogen (secondary N) is 1. The van der Waals surface area contributed by atoms with E-state index in [9.17, 15) is 9.18 Å². The van der Waals surface area contributed by atoms with Gasteiger partial charge in [-0.25, -0.2) is 9.37 Å². The van der Waals surface area contributed by atoms with Crippen LogP contribution in [0.25, 0.3) is 0 Å². The Kier molecular flexibility index (Phi) is 4.91. The van der Waals surface area contributed by atoms with Crippen molar-refractivity contribution in [1.82, 2.24) is 4.98 Å². The van der Waals surface area contributed by atoms with Crippen LogP contribution in [0, 0.1) is 5.82 Å². The van der Waals surface area contributed by atoms with Crippen molar-refractivity contribution in [3.8, 4) is 5.75 Å². The zero-order chi connectivity index (χ0) is 16.2. The largest absolute Gasteiger partial charge is 0.481 e. The number of carbonyl (C=O) groups is 1. The monoisotopic (exact) mass is 334 g/mol. The highest BCUT2D eigenvalue weighted by Gasteiger charge is 2.22. The quantitative estimate of drug-likeness (QED) is 0.900. The van der Waals surface area contributed by atoms with Gasteiger partial charge in [0, 0.05) is 4.88 Å². The lowest BCUT2D eigenvalue weighted by atomic mass is 10.0. The highest BCUT2D eigenvalue weighted by Crippen LogP contribution is 2.29. The first kappa shape index (κ1) is 15.9. The van der Waals surface area contributed by atoms with E-state index in [0.717, 1.165) is 25.0 Å². The van der Waals surface area contributed by atoms with E-state index in [1.165, 1.54) is 35.6 Å². The molecule has 1 heterocycles. The Morgan fingerprint density at radius 3 is 2.78 bits per heavy atom. The zero-order valence-electron chi connectivity index (χ0n) is 13.0. The second kappa shape index (κ2) is 7.08. The van der Waals surface area contributed by atoms with Crippen molar-refractivity contribution in [2.75, 3.05) is 5.32 Å². The van der Waals surface area contributed by atoms with Crippen LogP contribution in [0.4, 0.5) is 9.52 Å². The molecule has 122 valence electrons. The third kappa shape index (κ3) is 3.88. The van der Waals surface area contributed by atoms with Crippen molar-refractivity contribution in [1.29, 1.82) is 0 Å². The van der Waals surface area contributed by atoms with Crippen LogP contribution in [0.2, 0.25) is 0 Å². The summed E-state index contributed by atoms with van der Waals surface area (Å²) in [5.41, 5.74) is 1.11. The number of thiazole rings is 1. The molecule has 1 aromatic carbocycles. The molecule has 1 aromatic heterocycles. The normalized spacial score (nSPS) is 14.9. The number of rotatable bonds is 5. The first-order chi connectivity index (χ1) is 11.2. The smallest absolute Gasteiger partial charge is 0.267 e. The number of aryl methyl sites for hydroxylation is 2. The summed E-state index contributed by atoms with van der Waals surface area (Å²) in [6.07, 6.45) is 4.29. The molecule has 0 aliphatic heterocycles. The number of ether oxygens (including phenoxy) is 1. The highest BCUT2D eigenvalue weighted by molar-refractivity contribution is 7.15. The molecule has 0 bridgehead atoms. The summed E-state index contributed by atoms with van der Waals surface area (Å²) in [5.74, 6) is -0.0713. The molecule has 1 aliphatic carbocycles. The van der Waals surface area contributed by atoms with Gasteiger partial charge in [-0.05, 0) is 56.4 Å². The van der Waals surface area contributed by atoms with E-state index in [0.29, 0.717) is 17.3 Å². The van der Waals surface area contributed by atoms with Crippen LogP contribution in [0.1, 0.15) is 36.8 Å². The Bertz CT molecular complexity index is 661. The topological polar surface area (TPSA) is 51.2 Å². The van der Waals surface area contributed by atoms with Crippen LogP contribution >= 0.6 is 11.3 Å². The summed E-state index contributed by atoms with van der Waals surface area (Å²) in [6.45, 7) is 1.88. The number of aromatic nitrogens is 1. The molecule has 1 aliphatic rings. The molecular weight excluding hydrogens is 315 g/mol. The number of benzene rings is 1. The Balaban J connectivity index is 1.65. The van der Waals surface area contributed by atoms with Crippen molar-refractivity contribution in [3.63, 3.8) is 0 Å².